The molecule has 8 nitrogen and oxygen atoms in total. The molecule has 1 aliphatic heterocycles. The van der Waals surface area contributed by atoms with Crippen LogP contribution in [0, 0.1) is 0 Å². The minimum atomic E-state index is -0.822. The Balaban J connectivity index is 1.95. The molecule has 114 valence electrons. The van der Waals surface area contributed by atoms with E-state index in [-0.39, 0.29) is 25.3 Å². The van der Waals surface area contributed by atoms with Crippen molar-refractivity contribution in [2.45, 2.75) is 31.3 Å². The van der Waals surface area contributed by atoms with E-state index in [2.05, 4.69) is 4.98 Å². The summed E-state index contributed by atoms with van der Waals surface area (Å²) in [4.78, 5) is 15.8. The Kier molecular flexibility index (Phi) is 3.77. The van der Waals surface area contributed by atoms with E-state index in [0.29, 0.717) is 17.6 Å². The lowest BCUT2D eigenvalue weighted by Crippen LogP contribution is -2.27. The first-order valence-electron chi connectivity index (χ1n) is 6.69. The number of fused-ring (bicyclic) bond motifs is 1. The molecule has 0 amide bonds. The van der Waals surface area contributed by atoms with Crippen LogP contribution in [0.4, 0.5) is 0 Å². The van der Waals surface area contributed by atoms with Gasteiger partial charge >= 0.3 is 5.69 Å². The normalized spacial score (nSPS) is 25.8. The summed E-state index contributed by atoms with van der Waals surface area (Å²) in [5.41, 5.74) is -0.347. The first-order chi connectivity index (χ1) is 10.1. The van der Waals surface area contributed by atoms with Gasteiger partial charge in [-0.05, 0) is 6.07 Å². The van der Waals surface area contributed by atoms with Crippen molar-refractivity contribution in [3.63, 3.8) is 0 Å². The topological polar surface area (TPSA) is 118 Å². The first-order valence-corrected chi connectivity index (χ1v) is 6.69. The molecule has 1 aliphatic rings. The predicted molar refractivity (Wildman–Crippen MR) is 70.7 cm³/mol. The standard InChI is InChI=1S/C13H16N2O6/c16-2-1-8-3-7-5-15(13(19)14-12(7)20-8)11-4-9(18)10(6-17)21-11/h3,5,9-11,16-18H,1-2,4,6H2/t9-,10+,11+/m0/s1. The van der Waals surface area contributed by atoms with E-state index in [1.54, 1.807) is 12.3 Å². The van der Waals surface area contributed by atoms with Crippen LogP contribution < -0.4 is 5.69 Å². The molecule has 0 saturated carbocycles. The molecule has 2 aromatic heterocycles. The number of aliphatic hydroxyl groups excluding tert-OH is 3. The van der Waals surface area contributed by atoms with Crippen molar-refractivity contribution in [1.29, 1.82) is 0 Å². The highest BCUT2D eigenvalue weighted by Gasteiger charge is 2.35. The van der Waals surface area contributed by atoms with Gasteiger partial charge in [0.1, 0.15) is 18.1 Å². The molecule has 0 aliphatic carbocycles. The molecule has 0 unspecified atom stereocenters. The van der Waals surface area contributed by atoms with Crippen molar-refractivity contribution in [1.82, 2.24) is 9.55 Å². The highest BCUT2D eigenvalue weighted by Crippen LogP contribution is 2.28. The average Bonchev–Trinajstić information content (AvgIpc) is 3.00. The van der Waals surface area contributed by atoms with Gasteiger partial charge in [-0.2, -0.15) is 4.98 Å². The number of furan rings is 1. The summed E-state index contributed by atoms with van der Waals surface area (Å²) in [6.45, 7) is -0.366. The molecule has 3 rings (SSSR count). The fourth-order valence-electron chi connectivity index (χ4n) is 2.47. The maximum atomic E-state index is 12.0. The van der Waals surface area contributed by atoms with E-state index in [9.17, 15) is 9.90 Å². The van der Waals surface area contributed by atoms with Gasteiger partial charge in [-0.25, -0.2) is 4.79 Å². The van der Waals surface area contributed by atoms with Crippen molar-refractivity contribution in [2.24, 2.45) is 0 Å². The van der Waals surface area contributed by atoms with Gasteiger partial charge in [0.05, 0.1) is 24.7 Å². The summed E-state index contributed by atoms with van der Waals surface area (Å²) in [5, 5.41) is 28.3. The zero-order chi connectivity index (χ0) is 15.0. The van der Waals surface area contributed by atoms with Crippen LogP contribution in [-0.4, -0.2) is 50.3 Å². The maximum Gasteiger partial charge on any atom is 0.353 e. The first kappa shape index (κ1) is 14.2. The molecular formula is C13H16N2O6. The third kappa shape index (κ3) is 2.58. The SMILES string of the molecule is O=c1nc2oc(CCO)cc2cn1[C@H]1C[C@H](O)[C@@H](CO)O1. The monoisotopic (exact) mass is 296 g/mol. The van der Waals surface area contributed by atoms with E-state index in [1.165, 1.54) is 4.57 Å². The van der Waals surface area contributed by atoms with E-state index in [1.807, 2.05) is 0 Å². The Labute approximate surface area is 119 Å². The summed E-state index contributed by atoms with van der Waals surface area (Å²) < 4.78 is 12.1. The van der Waals surface area contributed by atoms with Crippen LogP contribution in [0.2, 0.25) is 0 Å². The van der Waals surface area contributed by atoms with Crippen molar-refractivity contribution >= 4 is 11.1 Å². The largest absolute Gasteiger partial charge is 0.442 e. The number of hydrogen-bond acceptors (Lipinski definition) is 7. The van der Waals surface area contributed by atoms with Gasteiger partial charge in [-0.15, -0.1) is 0 Å². The van der Waals surface area contributed by atoms with Crippen LogP contribution in [0.15, 0.2) is 21.5 Å². The smallest absolute Gasteiger partial charge is 0.353 e. The predicted octanol–water partition coefficient (Wildman–Crippen LogP) is -0.835. The molecule has 1 saturated heterocycles. The second kappa shape index (κ2) is 5.57. The number of ether oxygens (including phenoxy) is 1. The Morgan fingerprint density at radius 2 is 2.24 bits per heavy atom. The molecule has 0 radical (unpaired) electrons. The van der Waals surface area contributed by atoms with Crippen LogP contribution in [0.3, 0.4) is 0 Å². The van der Waals surface area contributed by atoms with Crippen LogP contribution in [0.25, 0.3) is 11.1 Å². The van der Waals surface area contributed by atoms with Crippen LogP contribution >= 0.6 is 0 Å². The lowest BCUT2D eigenvalue weighted by Gasteiger charge is -2.13. The molecule has 21 heavy (non-hydrogen) atoms. The zero-order valence-corrected chi connectivity index (χ0v) is 11.2. The van der Waals surface area contributed by atoms with Crippen molar-refractivity contribution in [3.05, 3.63) is 28.5 Å². The lowest BCUT2D eigenvalue weighted by molar-refractivity contribution is -0.0457. The van der Waals surface area contributed by atoms with Gasteiger partial charge in [0.15, 0.2) is 0 Å². The molecule has 0 bridgehead atoms. The Morgan fingerprint density at radius 3 is 2.90 bits per heavy atom. The summed E-state index contributed by atoms with van der Waals surface area (Å²) in [5.74, 6) is 0.540. The summed E-state index contributed by atoms with van der Waals surface area (Å²) in [6.07, 6.45) is -0.0942. The van der Waals surface area contributed by atoms with Gasteiger partial charge in [-0.3, -0.25) is 4.57 Å². The zero-order valence-electron chi connectivity index (χ0n) is 11.2. The van der Waals surface area contributed by atoms with Crippen molar-refractivity contribution in [3.8, 4) is 0 Å². The summed E-state index contributed by atoms with van der Waals surface area (Å²) in [7, 11) is 0. The van der Waals surface area contributed by atoms with E-state index < -0.39 is 24.1 Å². The number of aromatic nitrogens is 2. The number of hydrogen-bond donors (Lipinski definition) is 3. The van der Waals surface area contributed by atoms with Gasteiger partial charge in [0, 0.05) is 19.0 Å². The van der Waals surface area contributed by atoms with Gasteiger partial charge in [0.2, 0.25) is 5.71 Å². The molecule has 2 aromatic rings. The average molecular weight is 296 g/mol. The highest BCUT2D eigenvalue weighted by molar-refractivity contribution is 5.72. The van der Waals surface area contributed by atoms with Crippen LogP contribution in [0.1, 0.15) is 18.4 Å². The fraction of sp³-hybridized carbons (Fsp3) is 0.538. The van der Waals surface area contributed by atoms with Crippen molar-refractivity contribution in [2.75, 3.05) is 13.2 Å². The fourth-order valence-corrected chi connectivity index (χ4v) is 2.47. The number of aliphatic hydroxyl groups is 3. The van der Waals surface area contributed by atoms with Crippen LogP contribution in [0.5, 0.6) is 0 Å². The van der Waals surface area contributed by atoms with Gasteiger partial charge in [-0.1, -0.05) is 0 Å². The lowest BCUT2D eigenvalue weighted by atomic mass is 10.2. The molecule has 3 heterocycles. The molecule has 3 N–H and O–H groups in total. The molecule has 3 atom stereocenters. The quantitative estimate of drug-likeness (QED) is 0.673. The Hall–Kier alpha value is -1.74. The number of rotatable bonds is 4. The minimum Gasteiger partial charge on any atom is -0.442 e. The van der Waals surface area contributed by atoms with Crippen molar-refractivity contribution < 1.29 is 24.5 Å². The van der Waals surface area contributed by atoms with E-state index >= 15 is 0 Å². The molecule has 1 fully saturated rings. The third-order valence-corrected chi connectivity index (χ3v) is 3.54. The van der Waals surface area contributed by atoms with E-state index in [4.69, 9.17) is 19.4 Å². The van der Waals surface area contributed by atoms with Gasteiger partial charge < -0.3 is 24.5 Å². The third-order valence-electron chi connectivity index (χ3n) is 3.54. The number of nitrogens with zero attached hydrogens (tertiary/aromatic N) is 2. The van der Waals surface area contributed by atoms with E-state index in [0.717, 1.165) is 0 Å². The maximum absolute atomic E-state index is 12.0. The minimum absolute atomic E-state index is 0.0554. The van der Waals surface area contributed by atoms with Crippen LogP contribution in [-0.2, 0) is 11.2 Å². The summed E-state index contributed by atoms with van der Waals surface area (Å²) >= 11 is 0. The van der Waals surface area contributed by atoms with Gasteiger partial charge in [0.25, 0.3) is 0 Å². The molecular weight excluding hydrogens is 280 g/mol. The second-order valence-corrected chi connectivity index (χ2v) is 4.99. The molecule has 8 heteroatoms. The Bertz CT molecular complexity index is 694. The molecule has 0 spiro atoms. The highest BCUT2D eigenvalue weighted by atomic mass is 16.5. The second-order valence-electron chi connectivity index (χ2n) is 4.99. The summed E-state index contributed by atoms with van der Waals surface area (Å²) in [6, 6.07) is 1.70. The Morgan fingerprint density at radius 1 is 1.43 bits per heavy atom. The molecule has 0 aromatic carbocycles.